The van der Waals surface area contributed by atoms with Crippen LogP contribution in [0, 0.1) is 5.82 Å². The zero-order valence-corrected chi connectivity index (χ0v) is 16.3. The van der Waals surface area contributed by atoms with Gasteiger partial charge in [-0.3, -0.25) is 14.3 Å². The topological polar surface area (TPSA) is 95.7 Å². The average molecular weight is 420 g/mol. The average Bonchev–Trinajstić information content (AvgIpc) is 3.24. The molecule has 8 nitrogen and oxygen atoms in total. The first-order valence-corrected chi connectivity index (χ1v) is 9.72. The van der Waals surface area contributed by atoms with Crippen molar-refractivity contribution in [3.8, 4) is 0 Å². The maximum atomic E-state index is 13.3. The van der Waals surface area contributed by atoms with Crippen LogP contribution in [0.1, 0.15) is 37.5 Å². The summed E-state index contributed by atoms with van der Waals surface area (Å²) in [6, 6.07) is 12.5. The molecular formula is C22H17FN4O4. The highest BCUT2D eigenvalue weighted by molar-refractivity contribution is 6.34. The van der Waals surface area contributed by atoms with Crippen LogP contribution < -0.4 is 4.90 Å². The van der Waals surface area contributed by atoms with Crippen molar-refractivity contribution in [2.75, 3.05) is 11.4 Å². The van der Waals surface area contributed by atoms with E-state index in [1.54, 1.807) is 41.1 Å². The van der Waals surface area contributed by atoms with Crippen LogP contribution in [0.4, 0.5) is 15.0 Å². The van der Waals surface area contributed by atoms with Crippen LogP contribution in [0.5, 0.6) is 0 Å². The minimum atomic E-state index is -1.05. The Kier molecular flexibility index (Phi) is 4.32. The van der Waals surface area contributed by atoms with Crippen LogP contribution in [0.3, 0.4) is 0 Å². The van der Waals surface area contributed by atoms with Crippen LogP contribution >= 0.6 is 0 Å². The third kappa shape index (κ3) is 3.05. The molecule has 0 radical (unpaired) electrons. The molecule has 2 aromatic carbocycles. The van der Waals surface area contributed by atoms with Gasteiger partial charge in [0.05, 0.1) is 29.9 Å². The molecule has 0 atom stereocenters. The number of hydrogen-bond donors (Lipinski definition) is 1. The summed E-state index contributed by atoms with van der Waals surface area (Å²) in [6.45, 7) is 0.571. The summed E-state index contributed by atoms with van der Waals surface area (Å²) >= 11 is 0. The second kappa shape index (κ2) is 7.05. The van der Waals surface area contributed by atoms with Crippen LogP contribution in [-0.2, 0) is 19.5 Å². The lowest BCUT2D eigenvalue weighted by Gasteiger charge is -2.25. The number of benzene rings is 2. The van der Waals surface area contributed by atoms with E-state index >= 15 is 0 Å². The number of hydrogen-bond acceptors (Lipinski definition) is 4. The van der Waals surface area contributed by atoms with E-state index in [9.17, 15) is 23.9 Å². The zero-order chi connectivity index (χ0) is 21.7. The summed E-state index contributed by atoms with van der Waals surface area (Å²) in [5.74, 6) is -1.03. The lowest BCUT2D eigenvalue weighted by molar-refractivity contribution is 0.0924. The van der Waals surface area contributed by atoms with Crippen molar-refractivity contribution >= 4 is 23.7 Å². The van der Waals surface area contributed by atoms with Crippen LogP contribution in [-0.4, -0.2) is 44.2 Å². The number of nitrogens with zero attached hydrogens (tertiary/aromatic N) is 4. The number of amides is 3. The number of halogens is 1. The van der Waals surface area contributed by atoms with E-state index in [-0.39, 0.29) is 31.3 Å². The third-order valence-electron chi connectivity index (χ3n) is 5.64. The first-order valence-electron chi connectivity index (χ1n) is 9.72. The zero-order valence-electron chi connectivity index (χ0n) is 16.3. The van der Waals surface area contributed by atoms with E-state index in [1.807, 2.05) is 0 Å². The van der Waals surface area contributed by atoms with Gasteiger partial charge in [-0.2, -0.15) is 5.10 Å². The SMILES string of the molecule is O=C(O)N1CCc2c(N3C(=O)c4ccccc4C3=O)nn(Cc3ccc(F)cc3)c2C1. The lowest BCUT2D eigenvalue weighted by Crippen LogP contribution is -2.36. The number of carboxylic acid groups (broad SMARTS) is 1. The maximum absolute atomic E-state index is 13.3. The highest BCUT2D eigenvalue weighted by Crippen LogP contribution is 2.34. The third-order valence-corrected chi connectivity index (χ3v) is 5.64. The van der Waals surface area contributed by atoms with Gasteiger partial charge < -0.3 is 10.0 Å². The number of fused-ring (bicyclic) bond motifs is 2. The second-order valence-corrected chi connectivity index (χ2v) is 7.48. The van der Waals surface area contributed by atoms with Gasteiger partial charge in [0.1, 0.15) is 5.82 Å². The summed E-state index contributed by atoms with van der Waals surface area (Å²) in [5.41, 5.74) is 2.68. The Balaban J connectivity index is 1.59. The van der Waals surface area contributed by atoms with Gasteiger partial charge in [0.2, 0.25) is 0 Å². The fraction of sp³-hybridized carbons (Fsp3) is 0.182. The number of imide groups is 1. The highest BCUT2D eigenvalue weighted by atomic mass is 19.1. The molecule has 2 aliphatic heterocycles. The molecule has 1 aromatic heterocycles. The van der Waals surface area contributed by atoms with Gasteiger partial charge in [-0.25, -0.2) is 14.1 Å². The van der Waals surface area contributed by atoms with Crippen LogP contribution in [0.25, 0.3) is 0 Å². The Hall–Kier alpha value is -4.01. The van der Waals surface area contributed by atoms with Crippen molar-refractivity contribution in [2.24, 2.45) is 0 Å². The van der Waals surface area contributed by atoms with Gasteiger partial charge in [0.15, 0.2) is 5.82 Å². The quantitative estimate of drug-likeness (QED) is 0.658. The molecule has 0 fully saturated rings. The Morgan fingerprint density at radius 2 is 1.68 bits per heavy atom. The van der Waals surface area contributed by atoms with Crippen molar-refractivity contribution in [2.45, 2.75) is 19.5 Å². The van der Waals surface area contributed by atoms with Crippen molar-refractivity contribution in [3.63, 3.8) is 0 Å². The van der Waals surface area contributed by atoms with Crippen molar-refractivity contribution < 1.29 is 23.9 Å². The number of carbonyl (C=O) groups is 3. The molecule has 2 aliphatic rings. The highest BCUT2D eigenvalue weighted by Gasteiger charge is 2.41. The summed E-state index contributed by atoms with van der Waals surface area (Å²) in [6.07, 6.45) is -0.726. The molecule has 0 aliphatic carbocycles. The Bertz CT molecular complexity index is 1200. The van der Waals surface area contributed by atoms with Crippen LogP contribution in [0.2, 0.25) is 0 Å². The molecule has 0 unspecified atom stereocenters. The summed E-state index contributed by atoms with van der Waals surface area (Å²) < 4.78 is 14.9. The molecule has 0 spiro atoms. The standard InChI is InChI=1S/C22H17FN4O4/c23-14-7-5-13(6-8-14)11-26-18-12-25(22(30)31)10-9-17(18)19(24-26)27-20(28)15-3-1-2-4-16(15)21(27)29/h1-8H,9-12H2,(H,30,31). The van der Waals surface area contributed by atoms with Crippen molar-refractivity contribution in [1.29, 1.82) is 0 Å². The Morgan fingerprint density at radius 1 is 1.03 bits per heavy atom. The normalized spacial score (nSPS) is 15.3. The van der Waals surface area contributed by atoms with Crippen molar-refractivity contribution in [1.82, 2.24) is 14.7 Å². The number of carbonyl (C=O) groups excluding carboxylic acids is 2. The molecule has 3 amide bonds. The summed E-state index contributed by atoms with van der Waals surface area (Å²) in [5, 5.41) is 14.0. The number of anilines is 1. The minimum Gasteiger partial charge on any atom is -0.465 e. The van der Waals surface area contributed by atoms with Gasteiger partial charge >= 0.3 is 6.09 Å². The van der Waals surface area contributed by atoms with E-state index in [2.05, 4.69) is 5.10 Å². The molecule has 3 heterocycles. The largest absolute Gasteiger partial charge is 0.465 e. The fourth-order valence-corrected chi connectivity index (χ4v) is 4.08. The molecule has 0 bridgehead atoms. The molecule has 0 saturated heterocycles. The lowest BCUT2D eigenvalue weighted by atomic mass is 10.1. The molecule has 156 valence electrons. The van der Waals surface area contributed by atoms with Gasteiger partial charge in [0.25, 0.3) is 11.8 Å². The van der Waals surface area contributed by atoms with E-state index in [0.29, 0.717) is 28.8 Å². The minimum absolute atomic E-state index is 0.0853. The number of rotatable bonds is 3. The molecule has 3 aromatic rings. The van der Waals surface area contributed by atoms with Gasteiger partial charge in [-0.1, -0.05) is 24.3 Å². The van der Waals surface area contributed by atoms with E-state index in [4.69, 9.17) is 0 Å². The number of aromatic nitrogens is 2. The summed E-state index contributed by atoms with van der Waals surface area (Å²) in [7, 11) is 0. The first-order chi connectivity index (χ1) is 14.9. The molecule has 31 heavy (non-hydrogen) atoms. The van der Waals surface area contributed by atoms with Crippen LogP contribution in [0.15, 0.2) is 48.5 Å². The van der Waals surface area contributed by atoms with E-state index in [0.717, 1.165) is 10.5 Å². The smallest absolute Gasteiger partial charge is 0.407 e. The first kappa shape index (κ1) is 19.0. The second-order valence-electron chi connectivity index (χ2n) is 7.48. The fourth-order valence-electron chi connectivity index (χ4n) is 4.08. The molecule has 5 rings (SSSR count). The van der Waals surface area contributed by atoms with Crippen molar-refractivity contribution in [3.05, 3.63) is 82.3 Å². The Morgan fingerprint density at radius 3 is 2.29 bits per heavy atom. The predicted molar refractivity (Wildman–Crippen MR) is 107 cm³/mol. The summed E-state index contributed by atoms with van der Waals surface area (Å²) in [4.78, 5) is 39.8. The molecular weight excluding hydrogens is 403 g/mol. The molecule has 1 N–H and O–H groups in total. The van der Waals surface area contributed by atoms with Gasteiger partial charge in [0, 0.05) is 12.1 Å². The molecule has 9 heteroatoms. The van der Waals surface area contributed by atoms with E-state index < -0.39 is 17.9 Å². The monoisotopic (exact) mass is 420 g/mol. The van der Waals surface area contributed by atoms with Gasteiger partial charge in [-0.15, -0.1) is 0 Å². The van der Waals surface area contributed by atoms with Gasteiger partial charge in [-0.05, 0) is 36.2 Å². The maximum Gasteiger partial charge on any atom is 0.407 e. The van der Waals surface area contributed by atoms with E-state index in [1.165, 1.54) is 17.0 Å². The molecule has 0 saturated carbocycles. The Labute approximate surface area is 176 Å². The predicted octanol–water partition coefficient (Wildman–Crippen LogP) is 2.91.